The van der Waals surface area contributed by atoms with Crippen molar-refractivity contribution in [1.29, 1.82) is 0 Å². The second-order valence-corrected chi connectivity index (χ2v) is 8.77. The summed E-state index contributed by atoms with van der Waals surface area (Å²) >= 11 is 0. The number of hydrogen-bond acceptors (Lipinski definition) is 5. The molecule has 3 aromatic rings. The van der Waals surface area contributed by atoms with Gasteiger partial charge in [-0.3, -0.25) is 4.90 Å². The molecule has 0 radical (unpaired) electrons. The minimum absolute atomic E-state index is 0. The Morgan fingerprint density at radius 2 is 1.68 bits per heavy atom. The van der Waals surface area contributed by atoms with Gasteiger partial charge in [-0.1, -0.05) is 36.4 Å². The van der Waals surface area contributed by atoms with E-state index in [1.807, 2.05) is 6.07 Å². The highest BCUT2D eigenvalue weighted by atomic mass is 35.5. The highest BCUT2D eigenvalue weighted by Crippen LogP contribution is 2.40. The summed E-state index contributed by atoms with van der Waals surface area (Å²) in [5.41, 5.74) is 4.93. The molecule has 0 amide bonds. The van der Waals surface area contributed by atoms with Crippen molar-refractivity contribution >= 4 is 23.8 Å². The lowest BCUT2D eigenvalue weighted by molar-refractivity contribution is 0.261. The molecule has 5 rings (SSSR count). The standard InChI is InChI=1S/C28H32N2O3.ClH/c1-31-27-14-13-21(18-28(27)32-2)15-17-29-16-7-9-23(29)19-30-24-10-4-3-8-22(24)20-33-26-12-6-5-11-25(26)30;/h3-6,8,10-14,18,23H,7,9,15-17,19-20H2,1-2H3;1H. The van der Waals surface area contributed by atoms with Crippen LogP contribution in [-0.4, -0.2) is 44.8 Å². The number of likely N-dealkylation sites (tertiary alicyclic amines) is 1. The Hall–Kier alpha value is -2.89. The van der Waals surface area contributed by atoms with Crippen LogP contribution >= 0.6 is 12.4 Å². The van der Waals surface area contributed by atoms with E-state index >= 15 is 0 Å². The maximum atomic E-state index is 6.17. The van der Waals surface area contributed by atoms with Gasteiger partial charge in [0, 0.05) is 30.4 Å². The van der Waals surface area contributed by atoms with Gasteiger partial charge in [0.1, 0.15) is 12.4 Å². The molecule has 3 aromatic carbocycles. The van der Waals surface area contributed by atoms with Gasteiger partial charge in [0.2, 0.25) is 0 Å². The number of nitrogens with zero attached hydrogens (tertiary/aromatic N) is 2. The van der Waals surface area contributed by atoms with Crippen LogP contribution in [0.4, 0.5) is 11.4 Å². The van der Waals surface area contributed by atoms with E-state index in [2.05, 4.69) is 70.5 Å². The maximum absolute atomic E-state index is 6.17. The molecule has 6 heteroatoms. The van der Waals surface area contributed by atoms with Crippen LogP contribution in [0.2, 0.25) is 0 Å². The molecule has 2 aliphatic rings. The second kappa shape index (κ2) is 11.0. The number of para-hydroxylation sites is 3. The SMILES string of the molecule is COc1ccc(CCN2CCCC2CN2c3ccccc3COc3ccccc32)cc1OC.Cl. The number of fused-ring (bicyclic) bond motifs is 2. The van der Waals surface area contributed by atoms with Gasteiger partial charge < -0.3 is 19.1 Å². The van der Waals surface area contributed by atoms with Crippen molar-refractivity contribution in [3.8, 4) is 17.2 Å². The highest BCUT2D eigenvalue weighted by molar-refractivity contribution is 5.85. The number of benzene rings is 3. The summed E-state index contributed by atoms with van der Waals surface area (Å²) in [6, 6.07) is 23.8. The minimum atomic E-state index is 0. The number of halogens is 1. The number of rotatable bonds is 7. The molecule has 1 atom stereocenters. The first kappa shape index (κ1) is 24.2. The second-order valence-electron chi connectivity index (χ2n) is 8.77. The molecule has 2 aliphatic heterocycles. The van der Waals surface area contributed by atoms with E-state index in [-0.39, 0.29) is 12.4 Å². The van der Waals surface area contributed by atoms with E-state index in [4.69, 9.17) is 14.2 Å². The van der Waals surface area contributed by atoms with Crippen LogP contribution in [0.5, 0.6) is 17.2 Å². The fourth-order valence-electron chi connectivity index (χ4n) is 5.10. The van der Waals surface area contributed by atoms with Crippen molar-refractivity contribution in [3.05, 3.63) is 77.9 Å². The lowest BCUT2D eigenvalue weighted by Crippen LogP contribution is -2.39. The monoisotopic (exact) mass is 480 g/mol. The van der Waals surface area contributed by atoms with Gasteiger partial charge in [-0.05, 0) is 61.7 Å². The van der Waals surface area contributed by atoms with Crippen LogP contribution in [-0.2, 0) is 13.0 Å². The largest absolute Gasteiger partial charge is 0.493 e. The Morgan fingerprint density at radius 3 is 2.50 bits per heavy atom. The first-order valence-electron chi connectivity index (χ1n) is 11.8. The maximum Gasteiger partial charge on any atom is 0.160 e. The molecule has 0 N–H and O–H groups in total. The zero-order valence-electron chi connectivity index (χ0n) is 19.9. The van der Waals surface area contributed by atoms with Gasteiger partial charge in [0.15, 0.2) is 11.5 Å². The van der Waals surface area contributed by atoms with Crippen LogP contribution in [0.25, 0.3) is 0 Å². The number of hydrogen-bond donors (Lipinski definition) is 0. The number of ether oxygens (including phenoxy) is 3. The predicted octanol–water partition coefficient (Wildman–Crippen LogP) is 5.86. The average Bonchev–Trinajstić information content (AvgIpc) is 3.25. The third-order valence-electron chi connectivity index (χ3n) is 6.85. The van der Waals surface area contributed by atoms with Crippen LogP contribution in [0.15, 0.2) is 66.7 Å². The zero-order valence-corrected chi connectivity index (χ0v) is 20.7. The molecule has 0 spiro atoms. The summed E-state index contributed by atoms with van der Waals surface area (Å²) in [5, 5.41) is 0. The Bertz CT molecular complexity index is 1060. The molecular weight excluding hydrogens is 448 g/mol. The van der Waals surface area contributed by atoms with E-state index < -0.39 is 0 Å². The lowest BCUT2D eigenvalue weighted by Gasteiger charge is -2.32. The zero-order chi connectivity index (χ0) is 22.6. The van der Waals surface area contributed by atoms with Crippen molar-refractivity contribution in [2.45, 2.75) is 31.9 Å². The molecular formula is C28H33ClN2O3. The Balaban J connectivity index is 0.00000274. The van der Waals surface area contributed by atoms with Crippen molar-refractivity contribution < 1.29 is 14.2 Å². The third kappa shape index (κ3) is 4.96. The summed E-state index contributed by atoms with van der Waals surface area (Å²) in [6.45, 7) is 3.75. The quantitative estimate of drug-likeness (QED) is 0.423. The van der Waals surface area contributed by atoms with E-state index in [9.17, 15) is 0 Å². The molecule has 0 saturated carbocycles. The van der Waals surface area contributed by atoms with Gasteiger partial charge in [-0.15, -0.1) is 12.4 Å². The summed E-state index contributed by atoms with van der Waals surface area (Å²) < 4.78 is 17.0. The fraction of sp³-hybridized carbons (Fsp3) is 0.357. The summed E-state index contributed by atoms with van der Waals surface area (Å²) in [4.78, 5) is 5.12. The minimum Gasteiger partial charge on any atom is -0.493 e. The van der Waals surface area contributed by atoms with E-state index in [0.717, 1.165) is 49.0 Å². The molecule has 0 aliphatic carbocycles. The van der Waals surface area contributed by atoms with E-state index in [1.165, 1.54) is 29.7 Å². The van der Waals surface area contributed by atoms with Gasteiger partial charge in [-0.25, -0.2) is 0 Å². The van der Waals surface area contributed by atoms with Gasteiger partial charge in [0.25, 0.3) is 0 Å². The third-order valence-corrected chi connectivity index (χ3v) is 6.85. The van der Waals surface area contributed by atoms with E-state index in [0.29, 0.717) is 12.6 Å². The van der Waals surface area contributed by atoms with Crippen molar-refractivity contribution in [2.75, 3.05) is 38.8 Å². The molecule has 5 nitrogen and oxygen atoms in total. The van der Waals surface area contributed by atoms with Crippen LogP contribution in [0, 0.1) is 0 Å². The van der Waals surface area contributed by atoms with Gasteiger partial charge in [-0.2, -0.15) is 0 Å². The summed E-state index contributed by atoms with van der Waals surface area (Å²) in [7, 11) is 3.37. The molecule has 180 valence electrons. The molecule has 34 heavy (non-hydrogen) atoms. The van der Waals surface area contributed by atoms with Crippen LogP contribution in [0.3, 0.4) is 0 Å². The van der Waals surface area contributed by atoms with Gasteiger partial charge >= 0.3 is 0 Å². The number of anilines is 2. The fourth-order valence-corrected chi connectivity index (χ4v) is 5.10. The first-order valence-corrected chi connectivity index (χ1v) is 11.8. The molecule has 1 saturated heterocycles. The highest BCUT2D eigenvalue weighted by Gasteiger charge is 2.29. The molecule has 2 heterocycles. The smallest absolute Gasteiger partial charge is 0.160 e. The van der Waals surface area contributed by atoms with Crippen molar-refractivity contribution in [2.24, 2.45) is 0 Å². The Morgan fingerprint density at radius 1 is 0.912 bits per heavy atom. The normalized spacial score (nSPS) is 17.1. The Kier molecular flexibility index (Phi) is 7.86. The van der Waals surface area contributed by atoms with E-state index in [1.54, 1.807) is 14.2 Å². The van der Waals surface area contributed by atoms with Gasteiger partial charge in [0.05, 0.1) is 19.9 Å². The first-order chi connectivity index (χ1) is 16.3. The molecule has 0 aromatic heterocycles. The van der Waals surface area contributed by atoms with Crippen LogP contribution in [0.1, 0.15) is 24.0 Å². The van der Waals surface area contributed by atoms with Crippen molar-refractivity contribution in [1.82, 2.24) is 4.90 Å². The topological polar surface area (TPSA) is 34.2 Å². The predicted molar refractivity (Wildman–Crippen MR) is 139 cm³/mol. The summed E-state index contributed by atoms with van der Waals surface area (Å²) in [5.74, 6) is 2.54. The average molecular weight is 481 g/mol. The lowest BCUT2D eigenvalue weighted by atomic mass is 10.1. The molecule has 1 unspecified atom stereocenters. The number of methoxy groups -OCH3 is 2. The summed E-state index contributed by atoms with van der Waals surface area (Å²) in [6.07, 6.45) is 3.45. The molecule has 1 fully saturated rings. The van der Waals surface area contributed by atoms with Crippen LogP contribution < -0.4 is 19.1 Å². The van der Waals surface area contributed by atoms with Crippen molar-refractivity contribution in [3.63, 3.8) is 0 Å². The molecule has 0 bridgehead atoms. The Labute approximate surface area is 208 Å².